The zero-order valence-corrected chi connectivity index (χ0v) is 17.6. The molecule has 1 aromatic heterocycles. The van der Waals surface area contributed by atoms with Gasteiger partial charge in [0.15, 0.2) is 5.13 Å². The normalized spacial score (nSPS) is 10.7. The van der Waals surface area contributed by atoms with Gasteiger partial charge in [-0.2, -0.15) is 0 Å². The fourth-order valence-electron chi connectivity index (χ4n) is 2.66. The van der Waals surface area contributed by atoms with Crippen LogP contribution in [0.5, 0.6) is 5.75 Å². The second kappa shape index (κ2) is 9.17. The fourth-order valence-corrected chi connectivity index (χ4v) is 3.73. The van der Waals surface area contributed by atoms with Gasteiger partial charge in [-0.3, -0.25) is 9.69 Å². The van der Waals surface area contributed by atoms with Crippen LogP contribution in [-0.4, -0.2) is 50.1 Å². The van der Waals surface area contributed by atoms with Crippen LogP contribution in [-0.2, 0) is 0 Å². The quantitative estimate of drug-likeness (QED) is 0.615. The van der Waals surface area contributed by atoms with Gasteiger partial charge in [-0.25, -0.2) is 4.98 Å². The Labute approximate surface area is 170 Å². The number of carbonyl (C=O) groups is 1. The van der Waals surface area contributed by atoms with E-state index >= 15 is 0 Å². The predicted octanol–water partition coefficient (Wildman–Crippen LogP) is 4.24. The molecule has 0 saturated carbocycles. The van der Waals surface area contributed by atoms with Gasteiger partial charge in [0, 0.05) is 18.7 Å². The smallest absolute Gasteiger partial charge is 0.260 e. The summed E-state index contributed by atoms with van der Waals surface area (Å²) in [6.45, 7) is 3.38. The second-order valence-electron chi connectivity index (χ2n) is 6.41. The molecule has 0 atom stereocenters. The molecule has 0 bridgehead atoms. The van der Waals surface area contributed by atoms with Crippen molar-refractivity contribution in [3.8, 4) is 5.75 Å². The summed E-state index contributed by atoms with van der Waals surface area (Å²) < 4.78 is 6.28. The standard InChI is InChI=1S/C20H23N3O2S.ClH/c1-14-6-5-7-17-18(14)21-20(26-17)23(13-12-22(2)3)19(24)15-8-10-16(25-4)11-9-15;/h5-11H,12-13H2,1-4H3;1H. The lowest BCUT2D eigenvalue weighted by molar-refractivity contribution is 0.0985. The minimum Gasteiger partial charge on any atom is -0.497 e. The highest BCUT2D eigenvalue weighted by atomic mass is 35.5. The fraction of sp³-hybridized carbons (Fsp3) is 0.300. The maximum absolute atomic E-state index is 13.2. The molecule has 0 radical (unpaired) electrons. The maximum Gasteiger partial charge on any atom is 0.260 e. The van der Waals surface area contributed by atoms with Gasteiger partial charge in [-0.05, 0) is 56.9 Å². The van der Waals surface area contributed by atoms with E-state index in [4.69, 9.17) is 9.72 Å². The number of hydrogen-bond donors (Lipinski definition) is 0. The van der Waals surface area contributed by atoms with Gasteiger partial charge in [-0.1, -0.05) is 23.5 Å². The van der Waals surface area contributed by atoms with Crippen molar-refractivity contribution >= 4 is 45.0 Å². The number of methoxy groups -OCH3 is 1. The van der Waals surface area contributed by atoms with Crippen LogP contribution in [0.3, 0.4) is 0 Å². The minimum absolute atomic E-state index is 0. The molecule has 0 saturated heterocycles. The van der Waals surface area contributed by atoms with Gasteiger partial charge in [0.05, 0.1) is 17.3 Å². The largest absolute Gasteiger partial charge is 0.497 e. The van der Waals surface area contributed by atoms with Gasteiger partial charge in [0.2, 0.25) is 0 Å². The lowest BCUT2D eigenvalue weighted by Crippen LogP contribution is -2.36. The van der Waals surface area contributed by atoms with Crippen LogP contribution >= 0.6 is 23.7 Å². The summed E-state index contributed by atoms with van der Waals surface area (Å²) in [5, 5.41) is 0.733. The van der Waals surface area contributed by atoms with Crippen molar-refractivity contribution in [2.24, 2.45) is 0 Å². The number of rotatable bonds is 6. The average molecular weight is 406 g/mol. The molecule has 1 heterocycles. The summed E-state index contributed by atoms with van der Waals surface area (Å²) in [7, 11) is 5.61. The second-order valence-corrected chi connectivity index (χ2v) is 7.42. The van der Waals surface area contributed by atoms with Crippen LogP contribution in [0.25, 0.3) is 10.2 Å². The molecule has 3 aromatic rings. The van der Waals surface area contributed by atoms with Gasteiger partial charge in [0.25, 0.3) is 5.91 Å². The predicted molar refractivity (Wildman–Crippen MR) is 115 cm³/mol. The van der Waals surface area contributed by atoms with E-state index < -0.39 is 0 Å². The number of aromatic nitrogens is 1. The Morgan fingerprint density at radius 2 is 1.81 bits per heavy atom. The van der Waals surface area contributed by atoms with Crippen molar-refractivity contribution in [2.45, 2.75) is 6.92 Å². The molecule has 5 nitrogen and oxygen atoms in total. The van der Waals surface area contributed by atoms with Crippen molar-refractivity contribution in [2.75, 3.05) is 39.2 Å². The van der Waals surface area contributed by atoms with Crippen LogP contribution in [0.15, 0.2) is 42.5 Å². The van der Waals surface area contributed by atoms with Crippen LogP contribution in [0.4, 0.5) is 5.13 Å². The summed E-state index contributed by atoms with van der Waals surface area (Å²) in [6, 6.07) is 13.3. The molecule has 0 aliphatic rings. The van der Waals surface area contributed by atoms with E-state index in [1.807, 2.05) is 39.2 Å². The highest BCUT2D eigenvalue weighted by Crippen LogP contribution is 2.31. The molecule has 0 aliphatic heterocycles. The van der Waals surface area contributed by atoms with Gasteiger partial charge in [-0.15, -0.1) is 12.4 Å². The number of carbonyl (C=O) groups excluding carboxylic acids is 1. The molecule has 0 unspecified atom stereocenters. The van der Waals surface area contributed by atoms with Gasteiger partial charge < -0.3 is 9.64 Å². The van der Waals surface area contributed by atoms with E-state index in [-0.39, 0.29) is 18.3 Å². The monoisotopic (exact) mass is 405 g/mol. The third kappa shape index (κ3) is 4.77. The number of likely N-dealkylation sites (N-methyl/N-ethyl adjacent to an activating group) is 1. The van der Waals surface area contributed by atoms with Crippen LogP contribution in [0.2, 0.25) is 0 Å². The number of aryl methyl sites for hydroxylation is 1. The first-order valence-corrected chi connectivity index (χ1v) is 9.28. The van der Waals surface area contributed by atoms with E-state index in [1.165, 1.54) is 0 Å². The third-order valence-electron chi connectivity index (χ3n) is 4.19. The maximum atomic E-state index is 13.2. The highest BCUT2D eigenvalue weighted by molar-refractivity contribution is 7.22. The van der Waals surface area contributed by atoms with Gasteiger partial charge in [0.1, 0.15) is 5.75 Å². The number of thiazole rings is 1. The molecule has 0 N–H and O–H groups in total. The number of fused-ring (bicyclic) bond motifs is 1. The van der Waals surface area contributed by atoms with E-state index in [0.29, 0.717) is 12.1 Å². The Balaban J connectivity index is 0.00000261. The Bertz CT molecular complexity index is 909. The summed E-state index contributed by atoms with van der Waals surface area (Å²) in [5.41, 5.74) is 2.71. The van der Waals surface area contributed by atoms with Crippen molar-refractivity contribution in [3.63, 3.8) is 0 Å². The number of ether oxygens (including phenoxy) is 1. The lowest BCUT2D eigenvalue weighted by Gasteiger charge is -2.22. The van der Waals surface area contributed by atoms with Crippen LogP contribution < -0.4 is 9.64 Å². The Hall–Kier alpha value is -2.15. The highest BCUT2D eigenvalue weighted by Gasteiger charge is 2.21. The lowest BCUT2D eigenvalue weighted by atomic mass is 10.2. The number of para-hydroxylation sites is 1. The summed E-state index contributed by atoms with van der Waals surface area (Å²) in [5.74, 6) is 0.684. The molecule has 2 aromatic carbocycles. The third-order valence-corrected chi connectivity index (χ3v) is 5.24. The molecule has 27 heavy (non-hydrogen) atoms. The molecular weight excluding hydrogens is 382 g/mol. The van der Waals surface area contributed by atoms with E-state index in [2.05, 4.69) is 4.90 Å². The number of nitrogens with zero attached hydrogens (tertiary/aromatic N) is 3. The number of benzene rings is 2. The Kier molecular flexibility index (Phi) is 7.18. The molecule has 0 spiro atoms. The minimum atomic E-state index is -0.0498. The summed E-state index contributed by atoms with van der Waals surface area (Å²) >= 11 is 1.55. The van der Waals surface area contributed by atoms with E-state index in [9.17, 15) is 4.79 Å². The van der Waals surface area contributed by atoms with E-state index in [0.717, 1.165) is 33.2 Å². The zero-order chi connectivity index (χ0) is 18.7. The number of amides is 1. The number of anilines is 1. The van der Waals surface area contributed by atoms with Crippen molar-refractivity contribution in [1.82, 2.24) is 9.88 Å². The van der Waals surface area contributed by atoms with Crippen LogP contribution in [0.1, 0.15) is 15.9 Å². The molecule has 0 fully saturated rings. The summed E-state index contributed by atoms with van der Waals surface area (Å²) in [6.07, 6.45) is 0. The first kappa shape index (κ1) is 21.2. The first-order valence-electron chi connectivity index (χ1n) is 8.46. The molecule has 7 heteroatoms. The topological polar surface area (TPSA) is 45.7 Å². The molecule has 0 aliphatic carbocycles. The van der Waals surface area contributed by atoms with Crippen molar-refractivity contribution in [1.29, 1.82) is 0 Å². The molecular formula is C20H24ClN3O2S. The van der Waals surface area contributed by atoms with Crippen molar-refractivity contribution in [3.05, 3.63) is 53.6 Å². The summed E-state index contributed by atoms with van der Waals surface area (Å²) in [4.78, 5) is 21.7. The Morgan fingerprint density at radius 1 is 1.11 bits per heavy atom. The molecule has 144 valence electrons. The number of halogens is 1. The Morgan fingerprint density at radius 3 is 2.41 bits per heavy atom. The SMILES string of the molecule is COc1ccc(C(=O)N(CCN(C)C)c2nc3c(C)cccc3s2)cc1.Cl. The molecule has 3 rings (SSSR count). The molecule has 1 amide bonds. The van der Waals surface area contributed by atoms with E-state index in [1.54, 1.807) is 47.6 Å². The zero-order valence-electron chi connectivity index (χ0n) is 15.9. The average Bonchev–Trinajstić information content (AvgIpc) is 3.07. The van der Waals surface area contributed by atoms with Gasteiger partial charge >= 0.3 is 0 Å². The van der Waals surface area contributed by atoms with Crippen LogP contribution in [0, 0.1) is 6.92 Å². The number of hydrogen-bond acceptors (Lipinski definition) is 5. The first-order chi connectivity index (χ1) is 12.5. The van der Waals surface area contributed by atoms with Crippen molar-refractivity contribution < 1.29 is 9.53 Å².